The number of para-hydroxylation sites is 1. The third kappa shape index (κ3) is 3.20. The van der Waals surface area contributed by atoms with Crippen molar-refractivity contribution >= 4 is 23.4 Å². The van der Waals surface area contributed by atoms with Gasteiger partial charge in [-0.1, -0.05) is 37.5 Å². The maximum atomic E-state index is 12.4. The molecular weight excluding hydrogens is 280 g/mol. The number of hydrogen-bond donors (Lipinski definition) is 2. The quantitative estimate of drug-likeness (QED) is 0.897. The summed E-state index contributed by atoms with van der Waals surface area (Å²) in [4.78, 5) is 12.4. The maximum absolute atomic E-state index is 12.4. The SMILES string of the molecule is CSC1(CNC(=O)[C@@H]2Cc3ccccc3N2)CCCCC1. The third-order valence-electron chi connectivity index (χ3n) is 4.87. The molecule has 3 rings (SSSR count). The zero-order valence-electron chi connectivity index (χ0n) is 12.7. The molecule has 21 heavy (non-hydrogen) atoms. The molecule has 4 heteroatoms. The van der Waals surface area contributed by atoms with E-state index in [1.807, 2.05) is 30.0 Å². The Labute approximate surface area is 131 Å². The van der Waals surface area contributed by atoms with Crippen LogP contribution in [0.5, 0.6) is 0 Å². The lowest BCUT2D eigenvalue weighted by atomic mass is 9.88. The predicted molar refractivity (Wildman–Crippen MR) is 89.9 cm³/mol. The smallest absolute Gasteiger partial charge is 0.242 e. The van der Waals surface area contributed by atoms with Gasteiger partial charge >= 0.3 is 0 Å². The Kier molecular flexibility index (Phi) is 4.43. The molecule has 0 spiro atoms. The van der Waals surface area contributed by atoms with Crippen LogP contribution in [0.4, 0.5) is 5.69 Å². The van der Waals surface area contributed by atoms with Crippen LogP contribution in [-0.4, -0.2) is 29.5 Å². The molecule has 1 amide bonds. The van der Waals surface area contributed by atoms with Gasteiger partial charge in [0.2, 0.25) is 5.91 Å². The molecule has 0 unspecified atom stereocenters. The van der Waals surface area contributed by atoms with Crippen LogP contribution >= 0.6 is 11.8 Å². The summed E-state index contributed by atoms with van der Waals surface area (Å²) in [5, 5.41) is 6.53. The van der Waals surface area contributed by atoms with E-state index in [-0.39, 0.29) is 16.7 Å². The summed E-state index contributed by atoms with van der Waals surface area (Å²) in [5.74, 6) is 0.144. The van der Waals surface area contributed by atoms with Gasteiger partial charge in [-0.25, -0.2) is 0 Å². The molecule has 1 heterocycles. The number of carbonyl (C=O) groups is 1. The number of thioether (sulfide) groups is 1. The highest BCUT2D eigenvalue weighted by atomic mass is 32.2. The average Bonchev–Trinajstić information content (AvgIpc) is 2.97. The molecular formula is C17H24N2OS. The number of hydrogen-bond acceptors (Lipinski definition) is 3. The summed E-state index contributed by atoms with van der Waals surface area (Å²) in [7, 11) is 0. The van der Waals surface area contributed by atoms with Gasteiger partial charge in [-0.3, -0.25) is 4.79 Å². The number of nitrogens with one attached hydrogen (secondary N) is 2. The van der Waals surface area contributed by atoms with E-state index in [2.05, 4.69) is 23.0 Å². The summed E-state index contributed by atoms with van der Waals surface area (Å²) in [5.41, 5.74) is 2.35. The van der Waals surface area contributed by atoms with Gasteiger partial charge in [-0.15, -0.1) is 0 Å². The molecule has 0 aromatic heterocycles. The summed E-state index contributed by atoms with van der Waals surface area (Å²) in [6.07, 6.45) is 9.37. The van der Waals surface area contributed by atoms with Gasteiger partial charge in [0.25, 0.3) is 0 Å². The standard InChI is InChI=1S/C17H24N2OS/c1-21-17(9-5-2-6-10-17)12-18-16(20)15-11-13-7-3-4-8-14(13)19-15/h3-4,7-8,15,19H,2,5-6,9-12H2,1H3,(H,18,20)/t15-/m0/s1. The zero-order chi connectivity index (χ0) is 14.7. The molecule has 1 atom stereocenters. The molecule has 0 saturated heterocycles. The Hall–Kier alpha value is -1.16. The van der Waals surface area contributed by atoms with Crippen molar-refractivity contribution in [3.63, 3.8) is 0 Å². The summed E-state index contributed by atoms with van der Waals surface area (Å²) < 4.78 is 0.263. The number of rotatable bonds is 4. The van der Waals surface area contributed by atoms with Crippen LogP contribution in [-0.2, 0) is 11.2 Å². The molecule has 114 valence electrons. The number of benzene rings is 1. The van der Waals surface area contributed by atoms with Crippen molar-refractivity contribution in [1.29, 1.82) is 0 Å². The molecule has 1 aliphatic carbocycles. The third-order valence-corrected chi connectivity index (χ3v) is 6.29. The van der Waals surface area contributed by atoms with Gasteiger partial charge in [-0.2, -0.15) is 11.8 Å². The van der Waals surface area contributed by atoms with Crippen molar-refractivity contribution in [2.24, 2.45) is 0 Å². The van der Waals surface area contributed by atoms with E-state index < -0.39 is 0 Å². The molecule has 2 aliphatic rings. The number of anilines is 1. The van der Waals surface area contributed by atoms with Crippen LogP contribution in [0.3, 0.4) is 0 Å². The van der Waals surface area contributed by atoms with E-state index in [1.54, 1.807) is 0 Å². The zero-order valence-corrected chi connectivity index (χ0v) is 13.5. The van der Waals surface area contributed by atoms with Crippen molar-refractivity contribution in [3.8, 4) is 0 Å². The van der Waals surface area contributed by atoms with Crippen molar-refractivity contribution < 1.29 is 4.79 Å². The maximum Gasteiger partial charge on any atom is 0.242 e. The van der Waals surface area contributed by atoms with E-state index >= 15 is 0 Å². The highest BCUT2D eigenvalue weighted by molar-refractivity contribution is 8.00. The van der Waals surface area contributed by atoms with Gasteiger partial charge < -0.3 is 10.6 Å². The molecule has 3 nitrogen and oxygen atoms in total. The topological polar surface area (TPSA) is 41.1 Å². The van der Waals surface area contributed by atoms with Crippen molar-refractivity contribution in [2.75, 3.05) is 18.1 Å². The first-order chi connectivity index (χ1) is 10.2. The van der Waals surface area contributed by atoms with Crippen LogP contribution in [0.2, 0.25) is 0 Å². The molecule has 0 radical (unpaired) electrons. The van der Waals surface area contributed by atoms with E-state index in [4.69, 9.17) is 0 Å². The minimum Gasteiger partial charge on any atom is -0.373 e. The first-order valence-corrected chi connectivity index (χ1v) is 9.12. The Morgan fingerprint density at radius 3 is 2.81 bits per heavy atom. The van der Waals surface area contributed by atoms with E-state index in [9.17, 15) is 4.79 Å². The fourth-order valence-corrected chi connectivity index (χ4v) is 4.39. The second-order valence-corrected chi connectivity index (χ2v) is 7.50. The Morgan fingerprint density at radius 1 is 1.33 bits per heavy atom. The largest absolute Gasteiger partial charge is 0.373 e. The first-order valence-electron chi connectivity index (χ1n) is 7.90. The Morgan fingerprint density at radius 2 is 2.10 bits per heavy atom. The Balaban J connectivity index is 1.55. The highest BCUT2D eigenvalue weighted by Crippen LogP contribution is 2.38. The van der Waals surface area contributed by atoms with Crippen LogP contribution in [0.15, 0.2) is 24.3 Å². The highest BCUT2D eigenvalue weighted by Gasteiger charge is 2.33. The second-order valence-electron chi connectivity index (χ2n) is 6.22. The van der Waals surface area contributed by atoms with Gasteiger partial charge in [0.1, 0.15) is 6.04 Å². The lowest BCUT2D eigenvalue weighted by Crippen LogP contribution is -2.46. The minimum absolute atomic E-state index is 0.107. The van der Waals surface area contributed by atoms with Crippen LogP contribution in [0, 0.1) is 0 Å². The van der Waals surface area contributed by atoms with Gasteiger partial charge in [-0.05, 0) is 30.7 Å². The molecule has 0 bridgehead atoms. The average molecular weight is 304 g/mol. The Bertz CT molecular complexity index is 486. The monoisotopic (exact) mass is 304 g/mol. The van der Waals surface area contributed by atoms with Crippen LogP contribution in [0.25, 0.3) is 0 Å². The molecule has 1 fully saturated rings. The lowest BCUT2D eigenvalue weighted by Gasteiger charge is -2.36. The number of amides is 1. The summed E-state index contributed by atoms with van der Waals surface area (Å²) in [6, 6.07) is 8.08. The predicted octanol–water partition coefficient (Wildman–Crippen LogP) is 3.21. The van der Waals surface area contributed by atoms with E-state index in [1.165, 1.54) is 37.7 Å². The summed E-state index contributed by atoms with van der Waals surface area (Å²) >= 11 is 1.93. The normalized spacial score (nSPS) is 23.2. The van der Waals surface area contributed by atoms with Gasteiger partial charge in [0.05, 0.1) is 0 Å². The fourth-order valence-electron chi connectivity index (χ4n) is 3.48. The van der Waals surface area contributed by atoms with Crippen molar-refractivity contribution in [2.45, 2.75) is 49.3 Å². The van der Waals surface area contributed by atoms with E-state index in [0.717, 1.165) is 18.7 Å². The first kappa shape index (κ1) is 14.8. The lowest BCUT2D eigenvalue weighted by molar-refractivity contribution is -0.121. The number of fused-ring (bicyclic) bond motifs is 1. The summed E-state index contributed by atoms with van der Waals surface area (Å²) in [6.45, 7) is 0.807. The van der Waals surface area contributed by atoms with Crippen LogP contribution < -0.4 is 10.6 Å². The fraction of sp³-hybridized carbons (Fsp3) is 0.588. The molecule has 1 aromatic carbocycles. The minimum atomic E-state index is -0.107. The van der Waals surface area contributed by atoms with Gasteiger partial charge in [0.15, 0.2) is 0 Å². The molecule has 1 aromatic rings. The van der Waals surface area contributed by atoms with Crippen LogP contribution in [0.1, 0.15) is 37.7 Å². The molecule has 2 N–H and O–H groups in total. The molecule has 1 aliphatic heterocycles. The number of carbonyl (C=O) groups excluding carboxylic acids is 1. The van der Waals surface area contributed by atoms with Crippen molar-refractivity contribution in [1.82, 2.24) is 5.32 Å². The second kappa shape index (κ2) is 6.30. The van der Waals surface area contributed by atoms with E-state index in [0.29, 0.717) is 0 Å². The van der Waals surface area contributed by atoms with Crippen molar-refractivity contribution in [3.05, 3.63) is 29.8 Å². The molecule has 1 saturated carbocycles. The van der Waals surface area contributed by atoms with Gasteiger partial charge in [0, 0.05) is 23.4 Å².